The largest absolute Gasteiger partial charge is 0.327 e. The van der Waals surface area contributed by atoms with Crippen molar-refractivity contribution in [1.82, 2.24) is 19.1 Å². The molecule has 5 nitrogen and oxygen atoms in total. The van der Waals surface area contributed by atoms with Gasteiger partial charge in [0.25, 0.3) is 5.91 Å². The molecular weight excluding hydrogens is 441 g/mol. The van der Waals surface area contributed by atoms with Crippen LogP contribution in [0.3, 0.4) is 0 Å². The average Bonchev–Trinajstić information content (AvgIpc) is 3.33. The summed E-state index contributed by atoms with van der Waals surface area (Å²) in [5.41, 5.74) is 5.22. The molecule has 6 rings (SSSR count). The zero-order chi connectivity index (χ0) is 23.7. The number of aromatic nitrogens is 3. The lowest BCUT2D eigenvalue weighted by Gasteiger charge is -2.45. The molecule has 174 valence electrons. The SMILES string of the molecule is Cc1cc2ccc(C(=O)N3C4CCCC3c3nn(C)c(-c5cc(F)c(F)c(F)c5)c3C4)cn2c1. The number of pyridine rings is 1. The summed E-state index contributed by atoms with van der Waals surface area (Å²) in [6.45, 7) is 2.02. The maximum absolute atomic E-state index is 14.0. The molecule has 0 aliphatic carbocycles. The van der Waals surface area contributed by atoms with Gasteiger partial charge in [0.2, 0.25) is 0 Å². The van der Waals surface area contributed by atoms with Crippen molar-refractivity contribution < 1.29 is 18.0 Å². The fourth-order valence-corrected chi connectivity index (χ4v) is 5.73. The van der Waals surface area contributed by atoms with Gasteiger partial charge in [-0.3, -0.25) is 9.48 Å². The molecule has 0 N–H and O–H groups in total. The molecule has 0 radical (unpaired) electrons. The maximum Gasteiger partial charge on any atom is 0.256 e. The first-order valence-corrected chi connectivity index (χ1v) is 11.4. The first-order chi connectivity index (χ1) is 16.3. The number of hydrogen-bond acceptors (Lipinski definition) is 2. The van der Waals surface area contributed by atoms with E-state index in [0.717, 1.165) is 53.7 Å². The van der Waals surface area contributed by atoms with Crippen LogP contribution in [0.5, 0.6) is 0 Å². The van der Waals surface area contributed by atoms with Crippen molar-refractivity contribution in [3.8, 4) is 11.3 Å². The molecule has 0 saturated carbocycles. The predicted molar refractivity (Wildman–Crippen MR) is 121 cm³/mol. The van der Waals surface area contributed by atoms with Gasteiger partial charge in [-0.25, -0.2) is 13.2 Å². The van der Waals surface area contributed by atoms with E-state index in [4.69, 9.17) is 0 Å². The van der Waals surface area contributed by atoms with Gasteiger partial charge in [-0.1, -0.05) is 0 Å². The quantitative estimate of drug-likeness (QED) is 0.375. The van der Waals surface area contributed by atoms with E-state index in [2.05, 4.69) is 11.2 Å². The number of rotatable bonds is 2. The summed E-state index contributed by atoms with van der Waals surface area (Å²) >= 11 is 0. The maximum atomic E-state index is 14.0. The third-order valence-corrected chi connectivity index (χ3v) is 7.14. The fraction of sp³-hybridized carbons (Fsp3) is 0.308. The Bertz CT molecular complexity index is 1450. The van der Waals surface area contributed by atoms with E-state index in [-0.39, 0.29) is 23.6 Å². The number of benzene rings is 1. The lowest BCUT2D eigenvalue weighted by Crippen LogP contribution is -2.49. The zero-order valence-corrected chi connectivity index (χ0v) is 18.9. The van der Waals surface area contributed by atoms with Crippen LogP contribution in [0, 0.1) is 24.4 Å². The summed E-state index contributed by atoms with van der Waals surface area (Å²) in [6, 6.07) is 7.63. The van der Waals surface area contributed by atoms with Crippen LogP contribution in [0.15, 0.2) is 42.7 Å². The second kappa shape index (κ2) is 7.48. The van der Waals surface area contributed by atoms with Crippen LogP contribution in [0.2, 0.25) is 0 Å². The Hall–Kier alpha value is -3.55. The number of fused-ring (bicyclic) bond motifs is 5. The second-order valence-corrected chi connectivity index (χ2v) is 9.37. The zero-order valence-electron chi connectivity index (χ0n) is 18.9. The van der Waals surface area contributed by atoms with Gasteiger partial charge in [0.1, 0.15) is 0 Å². The van der Waals surface area contributed by atoms with Gasteiger partial charge < -0.3 is 9.30 Å². The Morgan fingerprint density at radius 1 is 1.06 bits per heavy atom. The smallest absolute Gasteiger partial charge is 0.256 e. The number of halogens is 3. The molecule has 8 heteroatoms. The number of carbonyl (C=O) groups excluding carboxylic acids is 1. The summed E-state index contributed by atoms with van der Waals surface area (Å²) < 4.78 is 45.1. The van der Waals surface area contributed by atoms with Crippen LogP contribution in [0.1, 0.15) is 52.5 Å². The van der Waals surface area contributed by atoms with E-state index in [1.54, 1.807) is 11.7 Å². The van der Waals surface area contributed by atoms with Crippen molar-refractivity contribution in [3.05, 3.63) is 82.6 Å². The molecule has 2 aliphatic rings. The van der Waals surface area contributed by atoms with Gasteiger partial charge in [-0.15, -0.1) is 0 Å². The lowest BCUT2D eigenvalue weighted by atomic mass is 9.81. The van der Waals surface area contributed by atoms with Crippen molar-refractivity contribution in [2.75, 3.05) is 0 Å². The molecular formula is C26H23F3N4O. The van der Waals surface area contributed by atoms with Gasteiger partial charge in [0.05, 0.1) is 23.0 Å². The van der Waals surface area contributed by atoms with E-state index in [1.165, 1.54) is 0 Å². The Morgan fingerprint density at radius 2 is 1.82 bits per heavy atom. The molecule has 2 atom stereocenters. The third kappa shape index (κ3) is 3.08. The molecule has 1 fully saturated rings. The minimum atomic E-state index is -1.48. The average molecular weight is 464 g/mol. The monoisotopic (exact) mass is 464 g/mol. The standard InChI is InChI=1S/C26H23F3N4O/c1-14-8-17-7-6-15(13-32(17)12-14)26(34)33-18-4-3-5-22(33)24-19(11-18)25(31(2)30-24)16-9-20(27)23(29)21(28)10-16/h6-10,12-13,18,22H,3-5,11H2,1-2H3. The first-order valence-electron chi connectivity index (χ1n) is 11.4. The molecule has 2 bridgehead atoms. The highest BCUT2D eigenvalue weighted by molar-refractivity contribution is 5.95. The summed E-state index contributed by atoms with van der Waals surface area (Å²) in [4.78, 5) is 15.6. The Balaban J connectivity index is 1.42. The van der Waals surface area contributed by atoms with Gasteiger partial charge in [-0.05, 0) is 68.5 Å². The Labute approximate surface area is 194 Å². The van der Waals surface area contributed by atoms with Crippen molar-refractivity contribution in [2.24, 2.45) is 7.05 Å². The van der Waals surface area contributed by atoms with Crippen LogP contribution in [-0.2, 0) is 13.5 Å². The molecule has 3 aromatic heterocycles. The van der Waals surface area contributed by atoms with Gasteiger partial charge >= 0.3 is 0 Å². The molecule has 5 heterocycles. The number of piperidine rings is 1. The predicted octanol–water partition coefficient (Wildman–Crippen LogP) is 5.36. The van der Waals surface area contributed by atoms with E-state index in [0.29, 0.717) is 17.7 Å². The topological polar surface area (TPSA) is 42.5 Å². The molecule has 1 amide bonds. The number of carbonyl (C=O) groups is 1. The third-order valence-electron chi connectivity index (χ3n) is 7.14. The van der Waals surface area contributed by atoms with Crippen molar-refractivity contribution in [1.29, 1.82) is 0 Å². The highest BCUT2D eigenvalue weighted by atomic mass is 19.2. The Kier molecular flexibility index (Phi) is 4.62. The number of amides is 1. The van der Waals surface area contributed by atoms with Crippen LogP contribution in [0.25, 0.3) is 16.8 Å². The molecule has 4 aromatic rings. The Morgan fingerprint density at radius 3 is 2.59 bits per heavy atom. The highest BCUT2D eigenvalue weighted by Gasteiger charge is 2.43. The van der Waals surface area contributed by atoms with Crippen molar-refractivity contribution in [3.63, 3.8) is 0 Å². The van der Waals surface area contributed by atoms with Gasteiger partial charge in [-0.2, -0.15) is 5.10 Å². The van der Waals surface area contributed by atoms with Crippen molar-refractivity contribution in [2.45, 2.75) is 44.7 Å². The van der Waals surface area contributed by atoms with Gasteiger partial charge in [0, 0.05) is 42.1 Å². The summed E-state index contributed by atoms with van der Waals surface area (Å²) in [5.74, 6) is -3.98. The molecule has 34 heavy (non-hydrogen) atoms. The summed E-state index contributed by atoms with van der Waals surface area (Å²) in [7, 11) is 1.71. The van der Waals surface area contributed by atoms with E-state index in [9.17, 15) is 18.0 Å². The summed E-state index contributed by atoms with van der Waals surface area (Å²) in [6.07, 6.45) is 6.97. The summed E-state index contributed by atoms with van der Waals surface area (Å²) in [5, 5.41) is 4.69. The van der Waals surface area contributed by atoms with Crippen LogP contribution in [0.4, 0.5) is 13.2 Å². The second-order valence-electron chi connectivity index (χ2n) is 9.37. The van der Waals surface area contributed by atoms with Crippen LogP contribution >= 0.6 is 0 Å². The van der Waals surface area contributed by atoms with E-state index >= 15 is 0 Å². The van der Waals surface area contributed by atoms with Gasteiger partial charge in [0.15, 0.2) is 17.5 Å². The molecule has 1 saturated heterocycles. The highest BCUT2D eigenvalue weighted by Crippen LogP contribution is 2.45. The first kappa shape index (κ1) is 21.0. The van der Waals surface area contributed by atoms with E-state index in [1.807, 2.05) is 40.8 Å². The minimum Gasteiger partial charge on any atom is -0.327 e. The number of nitrogens with zero attached hydrogens (tertiary/aromatic N) is 4. The number of aryl methyl sites for hydroxylation is 2. The molecule has 2 unspecified atom stereocenters. The lowest BCUT2D eigenvalue weighted by molar-refractivity contribution is 0.0391. The molecule has 0 spiro atoms. The molecule has 2 aliphatic heterocycles. The number of hydrogen-bond donors (Lipinski definition) is 0. The van der Waals surface area contributed by atoms with Crippen LogP contribution < -0.4 is 0 Å². The van der Waals surface area contributed by atoms with Crippen LogP contribution in [-0.4, -0.2) is 31.0 Å². The van der Waals surface area contributed by atoms with E-state index < -0.39 is 17.5 Å². The molecule has 1 aromatic carbocycles. The van der Waals surface area contributed by atoms with Crippen molar-refractivity contribution >= 4 is 11.4 Å². The minimum absolute atomic E-state index is 0.0420. The fourth-order valence-electron chi connectivity index (χ4n) is 5.73. The normalized spacial score (nSPS) is 19.5.